The van der Waals surface area contributed by atoms with Crippen molar-refractivity contribution in [1.82, 2.24) is 4.98 Å². The molecule has 110 valence electrons. The normalized spacial score (nSPS) is 21.8. The first-order chi connectivity index (χ1) is 10.7. The summed E-state index contributed by atoms with van der Waals surface area (Å²) in [4.78, 5) is 17.3. The van der Waals surface area contributed by atoms with Crippen LogP contribution in [0.1, 0.15) is 16.5 Å². The zero-order valence-electron chi connectivity index (χ0n) is 11.2. The summed E-state index contributed by atoms with van der Waals surface area (Å²) in [7, 11) is 0. The second kappa shape index (κ2) is 5.26. The second-order valence-electron chi connectivity index (χ2n) is 4.76. The van der Waals surface area contributed by atoms with E-state index in [0.29, 0.717) is 26.5 Å². The molecule has 0 amide bonds. The summed E-state index contributed by atoms with van der Waals surface area (Å²) >= 11 is 2.60. The monoisotopic (exact) mass is 330 g/mol. The lowest BCUT2D eigenvalue weighted by molar-refractivity contribution is -0.114. The summed E-state index contributed by atoms with van der Waals surface area (Å²) in [5.41, 5.74) is 0.854. The molecular weight excluding hydrogens is 320 g/mol. The van der Waals surface area contributed by atoms with E-state index < -0.39 is 5.92 Å². The molecule has 1 N–H and O–H groups in total. The van der Waals surface area contributed by atoms with E-state index in [1.807, 2.05) is 23.6 Å². The Hall–Kier alpha value is -2.12. The third kappa shape index (κ3) is 2.22. The number of fused-ring (bicyclic) bond motifs is 1. The van der Waals surface area contributed by atoms with Crippen molar-refractivity contribution < 1.29 is 14.3 Å². The van der Waals surface area contributed by atoms with Crippen LogP contribution in [0.2, 0.25) is 0 Å². The number of Topliss-reactive ketones (excluding diaryl/α,β-unsaturated/α-hetero) is 1. The van der Waals surface area contributed by atoms with Crippen LogP contribution in [0.15, 0.2) is 34.7 Å². The van der Waals surface area contributed by atoms with Crippen molar-refractivity contribution in [1.29, 1.82) is 5.41 Å². The van der Waals surface area contributed by atoms with Crippen molar-refractivity contribution in [3.05, 3.63) is 45.3 Å². The van der Waals surface area contributed by atoms with E-state index >= 15 is 0 Å². The van der Waals surface area contributed by atoms with Gasteiger partial charge >= 0.3 is 0 Å². The molecule has 2 aromatic rings. The number of benzene rings is 1. The highest BCUT2D eigenvalue weighted by molar-refractivity contribution is 8.19. The van der Waals surface area contributed by atoms with Crippen LogP contribution in [0.25, 0.3) is 6.08 Å². The molecule has 2 aliphatic heterocycles. The Morgan fingerprint density at radius 3 is 3.00 bits per heavy atom. The van der Waals surface area contributed by atoms with Gasteiger partial charge in [0.25, 0.3) is 0 Å². The fraction of sp³-hybridized carbons (Fsp3) is 0.133. The largest absolute Gasteiger partial charge is 0.454 e. The van der Waals surface area contributed by atoms with E-state index in [0.717, 1.165) is 5.56 Å². The molecule has 4 rings (SSSR count). The Morgan fingerprint density at radius 1 is 1.32 bits per heavy atom. The van der Waals surface area contributed by atoms with Crippen LogP contribution in [-0.4, -0.2) is 22.6 Å². The number of hydrogen-bond acceptors (Lipinski definition) is 7. The van der Waals surface area contributed by atoms with Gasteiger partial charge in [0.2, 0.25) is 6.79 Å². The Labute approximate surface area is 134 Å². The van der Waals surface area contributed by atoms with Gasteiger partial charge in [0.15, 0.2) is 17.3 Å². The quantitative estimate of drug-likeness (QED) is 0.856. The fourth-order valence-corrected chi connectivity index (χ4v) is 4.15. The molecule has 7 heteroatoms. The van der Waals surface area contributed by atoms with Gasteiger partial charge in [0, 0.05) is 11.6 Å². The number of ether oxygens (including phenoxy) is 2. The molecule has 5 nitrogen and oxygen atoms in total. The smallest absolute Gasteiger partial charge is 0.231 e. The maximum absolute atomic E-state index is 12.5. The lowest BCUT2D eigenvalue weighted by Crippen LogP contribution is -2.11. The Bertz CT molecular complexity index is 799. The number of ketones is 1. The average molecular weight is 330 g/mol. The number of thioether (sulfide) groups is 1. The molecule has 2 aliphatic rings. The first-order valence-electron chi connectivity index (χ1n) is 6.53. The van der Waals surface area contributed by atoms with Crippen LogP contribution in [0.5, 0.6) is 11.5 Å². The highest BCUT2D eigenvalue weighted by atomic mass is 32.2. The van der Waals surface area contributed by atoms with Crippen molar-refractivity contribution in [2.75, 3.05) is 6.79 Å². The van der Waals surface area contributed by atoms with Crippen molar-refractivity contribution in [3.8, 4) is 11.5 Å². The van der Waals surface area contributed by atoms with Crippen LogP contribution >= 0.6 is 23.1 Å². The van der Waals surface area contributed by atoms with Crippen LogP contribution < -0.4 is 9.47 Å². The Morgan fingerprint density at radius 2 is 2.18 bits per heavy atom. The zero-order valence-corrected chi connectivity index (χ0v) is 12.9. The highest BCUT2D eigenvalue weighted by Crippen LogP contribution is 2.42. The SMILES string of the molecule is N=C1S/C(=C\c2ccc3c(c2)OCO3)C(=O)[C@H]1c1nccs1. The predicted octanol–water partition coefficient (Wildman–Crippen LogP) is 3.29. The van der Waals surface area contributed by atoms with Gasteiger partial charge in [-0.1, -0.05) is 17.8 Å². The van der Waals surface area contributed by atoms with Gasteiger partial charge in [0.05, 0.1) is 9.95 Å². The maximum atomic E-state index is 12.5. The number of nitrogens with zero attached hydrogens (tertiary/aromatic N) is 1. The number of carbonyl (C=O) groups excluding carboxylic acids is 1. The van der Waals surface area contributed by atoms with Crippen molar-refractivity contribution in [2.45, 2.75) is 5.92 Å². The number of rotatable bonds is 2. The van der Waals surface area contributed by atoms with E-state index in [9.17, 15) is 4.79 Å². The first-order valence-corrected chi connectivity index (χ1v) is 8.23. The minimum atomic E-state index is -0.551. The fourth-order valence-electron chi connectivity index (χ4n) is 2.35. The van der Waals surface area contributed by atoms with E-state index in [1.54, 1.807) is 12.3 Å². The summed E-state index contributed by atoms with van der Waals surface area (Å²) in [5, 5.41) is 10.9. The third-order valence-corrected chi connectivity index (χ3v) is 5.21. The van der Waals surface area contributed by atoms with E-state index in [-0.39, 0.29) is 12.6 Å². The summed E-state index contributed by atoms with van der Waals surface area (Å²) in [6.07, 6.45) is 3.45. The number of carbonyl (C=O) groups is 1. The molecule has 1 aromatic heterocycles. The average Bonchev–Trinajstić information content (AvgIpc) is 3.20. The van der Waals surface area contributed by atoms with Gasteiger partial charge in [-0.15, -0.1) is 11.3 Å². The zero-order chi connectivity index (χ0) is 15.1. The molecular formula is C15H10N2O3S2. The van der Waals surface area contributed by atoms with E-state index in [4.69, 9.17) is 14.9 Å². The minimum absolute atomic E-state index is 0.0670. The van der Waals surface area contributed by atoms with Crippen molar-refractivity contribution in [2.24, 2.45) is 0 Å². The van der Waals surface area contributed by atoms with Gasteiger partial charge in [-0.25, -0.2) is 4.98 Å². The van der Waals surface area contributed by atoms with E-state index in [2.05, 4.69) is 4.98 Å². The number of thiazole rings is 1. The van der Waals surface area contributed by atoms with Gasteiger partial charge in [-0.2, -0.15) is 0 Å². The van der Waals surface area contributed by atoms with Gasteiger partial charge < -0.3 is 9.47 Å². The second-order valence-corrected chi connectivity index (χ2v) is 6.77. The molecule has 22 heavy (non-hydrogen) atoms. The molecule has 1 saturated heterocycles. The number of aromatic nitrogens is 1. The summed E-state index contributed by atoms with van der Waals surface area (Å²) < 4.78 is 10.6. The first kappa shape index (κ1) is 13.5. The molecule has 0 unspecified atom stereocenters. The summed E-state index contributed by atoms with van der Waals surface area (Å²) in [5.74, 6) is 0.769. The lowest BCUT2D eigenvalue weighted by Gasteiger charge is -2.01. The molecule has 1 atom stereocenters. The Balaban J connectivity index is 1.66. The summed E-state index contributed by atoms with van der Waals surface area (Å²) in [6, 6.07) is 5.53. The number of hydrogen-bond donors (Lipinski definition) is 1. The van der Waals surface area contributed by atoms with Crippen LogP contribution in [0, 0.1) is 5.41 Å². The standard InChI is InChI=1S/C15H10N2O3S2/c16-14-12(15-17-3-4-21-15)13(18)11(22-14)6-8-1-2-9-10(5-8)20-7-19-9/h1-6,12,16H,7H2/b11-6-,16-14?/t12-/m1/s1. The van der Waals surface area contributed by atoms with Crippen LogP contribution in [-0.2, 0) is 4.79 Å². The lowest BCUT2D eigenvalue weighted by atomic mass is 10.0. The Kier molecular flexibility index (Phi) is 3.24. The summed E-state index contributed by atoms with van der Waals surface area (Å²) in [6.45, 7) is 0.222. The molecule has 0 bridgehead atoms. The minimum Gasteiger partial charge on any atom is -0.454 e. The topological polar surface area (TPSA) is 72.3 Å². The third-order valence-electron chi connectivity index (χ3n) is 3.38. The predicted molar refractivity (Wildman–Crippen MR) is 85.7 cm³/mol. The van der Waals surface area contributed by atoms with Crippen molar-refractivity contribution in [3.63, 3.8) is 0 Å². The molecule has 1 fully saturated rings. The molecule has 3 heterocycles. The molecule has 0 aliphatic carbocycles. The van der Waals surface area contributed by atoms with Crippen LogP contribution in [0.3, 0.4) is 0 Å². The van der Waals surface area contributed by atoms with Gasteiger partial charge in [0.1, 0.15) is 10.9 Å². The highest BCUT2D eigenvalue weighted by Gasteiger charge is 2.38. The molecule has 0 saturated carbocycles. The van der Waals surface area contributed by atoms with E-state index in [1.165, 1.54) is 23.1 Å². The molecule has 0 radical (unpaired) electrons. The number of allylic oxidation sites excluding steroid dienone is 1. The van der Waals surface area contributed by atoms with Gasteiger partial charge in [-0.05, 0) is 23.8 Å². The number of nitrogens with one attached hydrogen (secondary N) is 1. The van der Waals surface area contributed by atoms with Crippen molar-refractivity contribution >= 4 is 40.0 Å². The molecule has 1 aromatic carbocycles. The molecule has 0 spiro atoms. The maximum Gasteiger partial charge on any atom is 0.231 e. The van der Waals surface area contributed by atoms with Crippen LogP contribution in [0.4, 0.5) is 0 Å². The van der Waals surface area contributed by atoms with Gasteiger partial charge in [-0.3, -0.25) is 10.2 Å².